The molecule has 2 atom stereocenters. The van der Waals surface area contributed by atoms with Gasteiger partial charge in [0.2, 0.25) is 5.76 Å². The first-order valence-corrected chi connectivity index (χ1v) is 7.97. The third-order valence-corrected chi connectivity index (χ3v) is 3.70. The molecule has 2 unspecified atom stereocenters. The third-order valence-electron chi connectivity index (χ3n) is 3.70. The van der Waals surface area contributed by atoms with E-state index in [0.29, 0.717) is 5.56 Å². The van der Waals surface area contributed by atoms with Crippen molar-refractivity contribution in [3.8, 4) is 12.3 Å². The Morgan fingerprint density at radius 2 is 1.92 bits per heavy atom. The second-order valence-electron chi connectivity index (χ2n) is 5.44. The molecule has 1 heterocycles. The molecule has 0 fully saturated rings. The maximum Gasteiger partial charge on any atom is 0.379 e. The van der Waals surface area contributed by atoms with Crippen LogP contribution in [-0.4, -0.2) is 36.0 Å². The van der Waals surface area contributed by atoms with Crippen LogP contribution in [0.5, 0.6) is 0 Å². The summed E-state index contributed by atoms with van der Waals surface area (Å²) in [5.41, 5.74) is 1.47. The predicted molar refractivity (Wildman–Crippen MR) is 89.1 cm³/mol. The van der Waals surface area contributed by atoms with E-state index in [1.54, 1.807) is 38.1 Å². The minimum atomic E-state index is -2.26. The summed E-state index contributed by atoms with van der Waals surface area (Å²) in [6, 6.07) is 7.03. The van der Waals surface area contributed by atoms with Gasteiger partial charge in [0.1, 0.15) is 0 Å². The third kappa shape index (κ3) is 4.20. The highest BCUT2D eigenvalue weighted by Gasteiger charge is 2.47. The molecule has 0 saturated heterocycles. The summed E-state index contributed by atoms with van der Waals surface area (Å²) < 4.78 is 15.0. The Labute approximate surface area is 146 Å². The molecule has 1 aliphatic heterocycles. The van der Waals surface area contributed by atoms with E-state index in [1.165, 1.54) is 6.08 Å². The van der Waals surface area contributed by atoms with Crippen molar-refractivity contribution in [2.75, 3.05) is 13.2 Å². The van der Waals surface area contributed by atoms with Crippen LogP contribution in [-0.2, 0) is 23.8 Å². The first-order chi connectivity index (χ1) is 11.9. The molecule has 0 aliphatic carbocycles. The number of aliphatic hydroxyl groups is 1. The predicted octanol–water partition coefficient (Wildman–Crippen LogP) is 1.87. The fourth-order valence-electron chi connectivity index (χ4n) is 2.52. The molecule has 0 saturated carbocycles. The summed E-state index contributed by atoms with van der Waals surface area (Å²) in [5.74, 6) is -2.13. The van der Waals surface area contributed by atoms with Gasteiger partial charge < -0.3 is 19.3 Å². The Balaban J connectivity index is 2.38. The van der Waals surface area contributed by atoms with E-state index in [-0.39, 0.29) is 25.4 Å². The maximum atomic E-state index is 12.1. The van der Waals surface area contributed by atoms with Gasteiger partial charge in [-0.2, -0.15) is 0 Å². The van der Waals surface area contributed by atoms with Gasteiger partial charge in [-0.25, -0.2) is 9.59 Å². The Morgan fingerprint density at radius 3 is 2.48 bits per heavy atom. The van der Waals surface area contributed by atoms with Crippen molar-refractivity contribution < 1.29 is 28.9 Å². The van der Waals surface area contributed by atoms with E-state index >= 15 is 0 Å². The van der Waals surface area contributed by atoms with Gasteiger partial charge in [0.25, 0.3) is 0 Å². The summed E-state index contributed by atoms with van der Waals surface area (Å²) >= 11 is 0. The van der Waals surface area contributed by atoms with Gasteiger partial charge in [0, 0.05) is 17.9 Å². The number of carbonyl (C=O) groups excluding carboxylic acids is 2. The van der Waals surface area contributed by atoms with Crippen LogP contribution in [0.15, 0.2) is 36.1 Å². The fraction of sp³-hybridized carbons (Fsp3) is 0.368. The van der Waals surface area contributed by atoms with Gasteiger partial charge in [0.15, 0.2) is 0 Å². The average Bonchev–Trinajstić information content (AvgIpc) is 2.61. The van der Waals surface area contributed by atoms with Crippen molar-refractivity contribution >= 4 is 11.9 Å². The Hall–Kier alpha value is -2.78. The Morgan fingerprint density at radius 1 is 1.28 bits per heavy atom. The lowest BCUT2D eigenvalue weighted by Crippen LogP contribution is -2.46. The Kier molecular flexibility index (Phi) is 5.84. The van der Waals surface area contributed by atoms with E-state index in [0.717, 1.165) is 5.56 Å². The molecule has 6 heteroatoms. The minimum absolute atomic E-state index is 0.0739. The highest BCUT2D eigenvalue weighted by atomic mass is 16.7. The molecule has 25 heavy (non-hydrogen) atoms. The van der Waals surface area contributed by atoms with Gasteiger partial charge in [-0.05, 0) is 37.6 Å². The van der Waals surface area contributed by atoms with E-state index in [1.807, 2.05) is 0 Å². The Bertz CT molecular complexity index is 712. The molecule has 2 rings (SSSR count). The molecule has 1 aliphatic rings. The number of ether oxygens (including phenoxy) is 3. The van der Waals surface area contributed by atoms with E-state index < -0.39 is 23.6 Å². The average molecular weight is 344 g/mol. The highest BCUT2D eigenvalue weighted by molar-refractivity contribution is 5.88. The molecule has 0 amide bonds. The zero-order valence-electron chi connectivity index (χ0n) is 14.2. The van der Waals surface area contributed by atoms with Gasteiger partial charge in [-0.15, -0.1) is 6.42 Å². The number of esters is 2. The molecule has 1 aromatic rings. The summed E-state index contributed by atoms with van der Waals surface area (Å²) in [7, 11) is 0. The normalized spacial score (nSPS) is 22.2. The number of carbonyl (C=O) groups is 2. The minimum Gasteiger partial charge on any atom is -0.461 e. The fourth-order valence-corrected chi connectivity index (χ4v) is 2.52. The summed E-state index contributed by atoms with van der Waals surface area (Å²) in [4.78, 5) is 24.2. The smallest absolute Gasteiger partial charge is 0.379 e. The zero-order valence-corrected chi connectivity index (χ0v) is 14.2. The zero-order chi connectivity index (χ0) is 18.4. The molecule has 0 spiro atoms. The van der Waals surface area contributed by atoms with Crippen LogP contribution in [0.25, 0.3) is 0 Å². The molecule has 1 N–H and O–H groups in total. The van der Waals surface area contributed by atoms with Crippen LogP contribution in [0.4, 0.5) is 0 Å². The molecule has 1 aromatic carbocycles. The molecule has 0 bridgehead atoms. The van der Waals surface area contributed by atoms with Gasteiger partial charge in [0.05, 0.1) is 13.2 Å². The van der Waals surface area contributed by atoms with E-state index in [9.17, 15) is 14.7 Å². The molecule has 132 valence electrons. The monoisotopic (exact) mass is 344 g/mol. The maximum absolute atomic E-state index is 12.1. The molecule has 0 aromatic heterocycles. The highest BCUT2D eigenvalue weighted by Crippen LogP contribution is 2.37. The first-order valence-electron chi connectivity index (χ1n) is 7.97. The summed E-state index contributed by atoms with van der Waals surface area (Å²) in [6.45, 7) is 3.47. The first kappa shape index (κ1) is 18.6. The number of hydrogen-bond acceptors (Lipinski definition) is 6. The standard InChI is InChI=1S/C19H20O6/c1-4-13-7-9-14(10-8-13)15-11-16(17(20)23-5-2)25-19(22,12-15)18(21)24-6-3/h1,7-11,15,22H,5-6,12H2,2-3H3. The number of rotatable bonds is 5. The quantitative estimate of drug-likeness (QED) is 0.649. The van der Waals surface area contributed by atoms with Crippen molar-refractivity contribution in [3.63, 3.8) is 0 Å². The number of hydrogen-bond donors (Lipinski definition) is 1. The van der Waals surface area contributed by atoms with Gasteiger partial charge >= 0.3 is 17.7 Å². The van der Waals surface area contributed by atoms with Gasteiger partial charge in [-0.1, -0.05) is 18.1 Å². The van der Waals surface area contributed by atoms with E-state index in [2.05, 4.69) is 5.92 Å². The molecular weight excluding hydrogens is 324 g/mol. The summed E-state index contributed by atoms with van der Waals surface area (Å²) in [5, 5.41) is 10.6. The second kappa shape index (κ2) is 7.86. The lowest BCUT2D eigenvalue weighted by molar-refractivity contribution is -0.224. The van der Waals surface area contributed by atoms with Crippen molar-refractivity contribution in [1.82, 2.24) is 0 Å². The summed E-state index contributed by atoms with van der Waals surface area (Å²) in [6.07, 6.45) is 6.78. The SMILES string of the molecule is C#Cc1ccc(C2C=C(C(=O)OCC)OC(O)(C(=O)OCC)C2)cc1. The lowest BCUT2D eigenvalue weighted by atomic mass is 9.88. The molecular formula is C19H20O6. The van der Waals surface area contributed by atoms with Crippen LogP contribution >= 0.6 is 0 Å². The van der Waals surface area contributed by atoms with Crippen LogP contribution in [0, 0.1) is 12.3 Å². The largest absolute Gasteiger partial charge is 0.461 e. The topological polar surface area (TPSA) is 82.1 Å². The number of terminal acetylenes is 1. The van der Waals surface area contributed by atoms with E-state index in [4.69, 9.17) is 20.6 Å². The number of allylic oxidation sites excluding steroid dienone is 1. The van der Waals surface area contributed by atoms with Crippen molar-refractivity contribution in [1.29, 1.82) is 0 Å². The van der Waals surface area contributed by atoms with Crippen LogP contribution in [0.3, 0.4) is 0 Å². The lowest BCUT2D eigenvalue weighted by Gasteiger charge is -2.33. The van der Waals surface area contributed by atoms with Crippen LogP contribution < -0.4 is 0 Å². The molecule has 0 radical (unpaired) electrons. The van der Waals surface area contributed by atoms with Crippen molar-refractivity contribution in [2.24, 2.45) is 0 Å². The van der Waals surface area contributed by atoms with Crippen molar-refractivity contribution in [2.45, 2.75) is 32.0 Å². The van der Waals surface area contributed by atoms with Crippen molar-refractivity contribution in [3.05, 3.63) is 47.2 Å². The van der Waals surface area contributed by atoms with Crippen LogP contribution in [0.2, 0.25) is 0 Å². The second-order valence-corrected chi connectivity index (χ2v) is 5.44. The van der Waals surface area contributed by atoms with Crippen LogP contribution in [0.1, 0.15) is 37.3 Å². The molecule has 6 nitrogen and oxygen atoms in total. The van der Waals surface area contributed by atoms with Gasteiger partial charge in [-0.3, -0.25) is 0 Å². The number of benzene rings is 1.